The van der Waals surface area contributed by atoms with Gasteiger partial charge < -0.3 is 24.6 Å². The number of aliphatic hydroxyl groups is 3. The number of nitrogens with zero attached hydrogens (tertiary/aromatic N) is 2. The van der Waals surface area contributed by atoms with E-state index in [1.54, 1.807) is 18.3 Å². The van der Waals surface area contributed by atoms with Crippen molar-refractivity contribution < 1.29 is 25.0 Å². The van der Waals surface area contributed by atoms with E-state index in [2.05, 4.69) is 15.9 Å². The van der Waals surface area contributed by atoms with Crippen LogP contribution in [0.2, 0.25) is 0 Å². The predicted octanol–water partition coefficient (Wildman–Crippen LogP) is 0.923. The van der Waals surface area contributed by atoms with E-state index in [0.29, 0.717) is 15.4 Å². The molecular weight excluding hydrogens is 360 g/mol. The third-order valence-electron chi connectivity index (χ3n) is 3.73. The van der Waals surface area contributed by atoms with Crippen molar-refractivity contribution in [2.75, 3.05) is 6.61 Å². The normalized spacial score (nSPS) is 28.9. The topological polar surface area (TPSA) is 118 Å². The van der Waals surface area contributed by atoms with Crippen molar-refractivity contribution in [1.82, 2.24) is 4.57 Å². The van der Waals surface area contributed by atoms with Crippen molar-refractivity contribution in [2.45, 2.75) is 24.5 Å². The summed E-state index contributed by atoms with van der Waals surface area (Å²) in [6, 6.07) is 4.69. The number of aromatic nitrogens is 1. The summed E-state index contributed by atoms with van der Waals surface area (Å²) in [5, 5.41) is 41.1. The SMILES string of the molecule is O=[N+]([O-])c1cc2c(ccn2C2OCC(O)C(O)C2O)cc1Br. The molecule has 1 fully saturated rings. The second kappa shape index (κ2) is 5.60. The molecule has 9 heteroatoms. The Morgan fingerprint density at radius 3 is 2.73 bits per heavy atom. The van der Waals surface area contributed by atoms with Gasteiger partial charge in [0.1, 0.15) is 18.3 Å². The molecule has 2 heterocycles. The van der Waals surface area contributed by atoms with Crippen LogP contribution in [0.3, 0.4) is 0 Å². The fourth-order valence-corrected chi connectivity index (χ4v) is 3.07. The van der Waals surface area contributed by atoms with Gasteiger partial charge in [0.15, 0.2) is 6.23 Å². The van der Waals surface area contributed by atoms with Crippen LogP contribution in [-0.4, -0.2) is 49.7 Å². The van der Waals surface area contributed by atoms with Crippen LogP contribution >= 0.6 is 15.9 Å². The fourth-order valence-electron chi connectivity index (χ4n) is 2.56. The molecule has 8 nitrogen and oxygen atoms in total. The van der Waals surface area contributed by atoms with Gasteiger partial charge in [-0.2, -0.15) is 0 Å². The summed E-state index contributed by atoms with van der Waals surface area (Å²) in [6.07, 6.45) is -3.18. The quantitative estimate of drug-likeness (QED) is 0.532. The number of nitro benzene ring substituents is 1. The van der Waals surface area contributed by atoms with Gasteiger partial charge in [0.2, 0.25) is 0 Å². The van der Waals surface area contributed by atoms with Crippen LogP contribution in [0.15, 0.2) is 28.9 Å². The average molecular weight is 373 g/mol. The van der Waals surface area contributed by atoms with Gasteiger partial charge in [-0.15, -0.1) is 0 Å². The highest BCUT2D eigenvalue weighted by Crippen LogP contribution is 2.34. The van der Waals surface area contributed by atoms with Crippen LogP contribution in [0, 0.1) is 10.1 Å². The first-order valence-corrected chi connectivity index (χ1v) is 7.29. The Bertz CT molecular complexity index is 733. The lowest BCUT2D eigenvalue weighted by Gasteiger charge is -2.36. The molecule has 0 radical (unpaired) electrons. The van der Waals surface area contributed by atoms with Crippen molar-refractivity contribution in [3.63, 3.8) is 0 Å². The minimum Gasteiger partial charge on any atom is -0.388 e. The summed E-state index contributed by atoms with van der Waals surface area (Å²) in [6.45, 7) is -0.138. The van der Waals surface area contributed by atoms with Crippen LogP contribution < -0.4 is 0 Å². The molecule has 0 saturated carbocycles. The van der Waals surface area contributed by atoms with E-state index in [-0.39, 0.29) is 12.3 Å². The molecule has 3 N–H and O–H groups in total. The highest BCUT2D eigenvalue weighted by Gasteiger charge is 2.38. The van der Waals surface area contributed by atoms with Crippen LogP contribution in [0.25, 0.3) is 10.9 Å². The summed E-state index contributed by atoms with van der Waals surface area (Å²) in [5.74, 6) is 0. The first-order valence-electron chi connectivity index (χ1n) is 6.50. The second-order valence-corrected chi connectivity index (χ2v) is 5.97. The van der Waals surface area contributed by atoms with Crippen LogP contribution in [-0.2, 0) is 4.74 Å². The third-order valence-corrected chi connectivity index (χ3v) is 4.37. The lowest BCUT2D eigenvalue weighted by atomic mass is 10.0. The summed E-state index contributed by atoms with van der Waals surface area (Å²) in [7, 11) is 0. The molecule has 22 heavy (non-hydrogen) atoms. The maximum atomic E-state index is 11.0. The Morgan fingerprint density at radius 2 is 2.05 bits per heavy atom. The van der Waals surface area contributed by atoms with Crippen molar-refractivity contribution in [3.05, 3.63) is 39.0 Å². The zero-order valence-electron chi connectivity index (χ0n) is 11.2. The van der Waals surface area contributed by atoms with E-state index < -0.39 is 29.5 Å². The number of aliphatic hydroxyl groups excluding tert-OH is 3. The molecule has 0 aliphatic carbocycles. The van der Waals surface area contributed by atoms with Crippen LogP contribution in [0.1, 0.15) is 6.23 Å². The van der Waals surface area contributed by atoms with E-state index in [0.717, 1.165) is 0 Å². The van der Waals surface area contributed by atoms with Gasteiger partial charge in [0.05, 0.1) is 21.5 Å². The molecule has 0 bridgehead atoms. The first kappa shape index (κ1) is 15.4. The average Bonchev–Trinajstić information content (AvgIpc) is 2.86. The summed E-state index contributed by atoms with van der Waals surface area (Å²) in [5.41, 5.74) is 0.376. The van der Waals surface area contributed by atoms with E-state index in [9.17, 15) is 25.4 Å². The third kappa shape index (κ3) is 2.40. The lowest BCUT2D eigenvalue weighted by molar-refractivity contribution is -0.385. The van der Waals surface area contributed by atoms with Gasteiger partial charge in [-0.25, -0.2) is 0 Å². The number of ether oxygens (including phenoxy) is 1. The molecule has 0 amide bonds. The number of nitro groups is 1. The number of halogens is 1. The van der Waals surface area contributed by atoms with E-state index in [1.165, 1.54) is 10.6 Å². The number of rotatable bonds is 2. The van der Waals surface area contributed by atoms with Crippen LogP contribution in [0.4, 0.5) is 5.69 Å². The Labute approximate surface area is 132 Å². The molecule has 2 aromatic rings. The molecule has 1 aromatic heterocycles. The Kier molecular flexibility index (Phi) is 3.91. The monoisotopic (exact) mass is 372 g/mol. The zero-order chi connectivity index (χ0) is 16.0. The zero-order valence-corrected chi connectivity index (χ0v) is 12.8. The molecule has 4 atom stereocenters. The molecule has 4 unspecified atom stereocenters. The van der Waals surface area contributed by atoms with Gasteiger partial charge >= 0.3 is 0 Å². The van der Waals surface area contributed by atoms with Gasteiger partial charge in [0.25, 0.3) is 5.69 Å². The van der Waals surface area contributed by atoms with E-state index in [4.69, 9.17) is 4.74 Å². The summed E-state index contributed by atoms with van der Waals surface area (Å²) < 4.78 is 7.24. The predicted molar refractivity (Wildman–Crippen MR) is 79.3 cm³/mol. The number of fused-ring (bicyclic) bond motifs is 1. The van der Waals surface area contributed by atoms with Gasteiger partial charge in [-0.05, 0) is 28.1 Å². The highest BCUT2D eigenvalue weighted by molar-refractivity contribution is 9.10. The maximum absolute atomic E-state index is 11.0. The Balaban J connectivity index is 2.08. The van der Waals surface area contributed by atoms with Gasteiger partial charge in [-0.1, -0.05) is 0 Å². The van der Waals surface area contributed by atoms with Crippen molar-refractivity contribution in [2.24, 2.45) is 0 Å². The molecule has 0 spiro atoms. The minimum atomic E-state index is -1.35. The number of hydrogen-bond donors (Lipinski definition) is 3. The summed E-state index contributed by atoms with van der Waals surface area (Å²) in [4.78, 5) is 10.5. The second-order valence-electron chi connectivity index (χ2n) is 5.11. The standard InChI is InChI=1S/C13H13BrN2O6/c14-7-3-6-1-2-15(8(6)4-9(7)16(20)21)13-12(19)11(18)10(17)5-22-13/h1-4,10-13,17-19H,5H2. The number of hydrogen-bond acceptors (Lipinski definition) is 6. The summed E-state index contributed by atoms with van der Waals surface area (Å²) >= 11 is 3.15. The Morgan fingerprint density at radius 1 is 1.32 bits per heavy atom. The van der Waals surface area contributed by atoms with Gasteiger partial charge in [-0.3, -0.25) is 10.1 Å². The van der Waals surface area contributed by atoms with E-state index in [1.807, 2.05) is 0 Å². The van der Waals surface area contributed by atoms with Crippen molar-refractivity contribution in [3.8, 4) is 0 Å². The van der Waals surface area contributed by atoms with E-state index >= 15 is 0 Å². The lowest BCUT2D eigenvalue weighted by Crippen LogP contribution is -2.50. The largest absolute Gasteiger partial charge is 0.388 e. The smallest absolute Gasteiger partial charge is 0.285 e. The molecule has 118 valence electrons. The molecule has 1 aliphatic heterocycles. The van der Waals surface area contributed by atoms with Gasteiger partial charge in [0, 0.05) is 17.6 Å². The molecule has 1 aliphatic rings. The van der Waals surface area contributed by atoms with Crippen molar-refractivity contribution in [1.29, 1.82) is 0 Å². The minimum absolute atomic E-state index is 0.113. The van der Waals surface area contributed by atoms with Crippen LogP contribution in [0.5, 0.6) is 0 Å². The van der Waals surface area contributed by atoms with Crippen molar-refractivity contribution >= 4 is 32.5 Å². The fraction of sp³-hybridized carbons (Fsp3) is 0.385. The molecule has 3 rings (SSSR count). The maximum Gasteiger partial charge on any atom is 0.285 e. The highest BCUT2D eigenvalue weighted by atomic mass is 79.9. The first-order chi connectivity index (χ1) is 10.4. The molecular formula is C13H13BrN2O6. The number of benzene rings is 1. The Hall–Kier alpha value is -1.52. The molecule has 1 saturated heterocycles. The molecule has 1 aromatic carbocycles.